The minimum atomic E-state index is -2.98. The summed E-state index contributed by atoms with van der Waals surface area (Å²) < 4.78 is 35.1. The summed E-state index contributed by atoms with van der Waals surface area (Å²) in [4.78, 5) is 21.0. The Bertz CT molecular complexity index is 1030. The molecule has 0 N–H and O–H groups in total. The summed E-state index contributed by atoms with van der Waals surface area (Å²) in [6, 6.07) is 13.9. The number of aryl methyl sites for hydroxylation is 1. The second kappa shape index (κ2) is 9.22. The van der Waals surface area contributed by atoms with Crippen LogP contribution < -0.4 is 4.74 Å². The van der Waals surface area contributed by atoms with Crippen molar-refractivity contribution in [2.24, 2.45) is 0 Å². The normalized spacial score (nSPS) is 14.8. The highest BCUT2D eigenvalue weighted by molar-refractivity contribution is 5.97. The summed E-state index contributed by atoms with van der Waals surface area (Å²) in [6.07, 6.45) is 0. The van der Waals surface area contributed by atoms with Crippen molar-refractivity contribution in [1.29, 1.82) is 0 Å². The fraction of sp³-hybridized carbons (Fsp3) is 0.318. The van der Waals surface area contributed by atoms with Crippen LogP contribution in [0.5, 0.6) is 5.75 Å². The van der Waals surface area contributed by atoms with Crippen molar-refractivity contribution in [2.45, 2.75) is 20.1 Å². The van der Waals surface area contributed by atoms with Crippen LogP contribution in [0.15, 0.2) is 53.1 Å². The van der Waals surface area contributed by atoms with E-state index in [0.717, 1.165) is 11.1 Å². The zero-order chi connectivity index (χ0) is 21.8. The number of carbonyl (C=O) groups is 1. The second-order valence-electron chi connectivity index (χ2n) is 7.32. The van der Waals surface area contributed by atoms with Gasteiger partial charge in [-0.05, 0) is 19.1 Å². The highest BCUT2D eigenvalue weighted by Gasteiger charge is 2.26. The molecule has 1 fully saturated rings. The average Bonchev–Trinajstić information content (AvgIpc) is 3.23. The van der Waals surface area contributed by atoms with Crippen molar-refractivity contribution < 1.29 is 22.8 Å². The van der Waals surface area contributed by atoms with Gasteiger partial charge < -0.3 is 14.2 Å². The molecule has 162 valence electrons. The van der Waals surface area contributed by atoms with Crippen LogP contribution in [0.2, 0.25) is 0 Å². The lowest BCUT2D eigenvalue weighted by molar-refractivity contribution is -0.0503. The van der Waals surface area contributed by atoms with Crippen LogP contribution in [-0.4, -0.2) is 58.6 Å². The maximum atomic E-state index is 12.8. The number of nitrogens with zero attached hydrogens (tertiary/aromatic N) is 4. The number of amides is 1. The molecule has 0 unspecified atom stereocenters. The summed E-state index contributed by atoms with van der Waals surface area (Å²) in [5.41, 5.74) is 2.18. The lowest BCUT2D eigenvalue weighted by atomic mass is 10.1. The third-order valence-electron chi connectivity index (χ3n) is 5.13. The van der Waals surface area contributed by atoms with Crippen LogP contribution in [0.1, 0.15) is 21.8 Å². The summed E-state index contributed by atoms with van der Waals surface area (Å²) >= 11 is 0. The number of alkyl halides is 2. The molecule has 0 bridgehead atoms. The number of piperazine rings is 1. The minimum Gasteiger partial charge on any atom is -0.434 e. The number of para-hydroxylation sites is 1. The molecule has 0 spiro atoms. The topological polar surface area (TPSA) is 71.7 Å². The Morgan fingerprint density at radius 3 is 2.52 bits per heavy atom. The number of rotatable bonds is 6. The first-order valence-corrected chi connectivity index (χ1v) is 9.94. The fourth-order valence-corrected chi connectivity index (χ4v) is 3.45. The molecule has 0 atom stereocenters. The largest absolute Gasteiger partial charge is 0.434 e. The van der Waals surface area contributed by atoms with E-state index in [1.54, 1.807) is 17.0 Å². The lowest BCUT2D eigenvalue weighted by Crippen LogP contribution is -2.48. The first-order valence-electron chi connectivity index (χ1n) is 9.94. The van der Waals surface area contributed by atoms with E-state index in [2.05, 4.69) is 19.8 Å². The zero-order valence-electron chi connectivity index (χ0n) is 17.0. The van der Waals surface area contributed by atoms with E-state index in [4.69, 9.17) is 4.52 Å². The summed E-state index contributed by atoms with van der Waals surface area (Å²) in [7, 11) is 0. The summed E-state index contributed by atoms with van der Waals surface area (Å²) in [5.74, 6) is 0.611. The molecule has 2 aromatic carbocycles. The first-order chi connectivity index (χ1) is 15.0. The van der Waals surface area contributed by atoms with Crippen LogP contribution in [0.3, 0.4) is 0 Å². The van der Waals surface area contributed by atoms with Crippen LogP contribution in [0.4, 0.5) is 8.78 Å². The molecule has 2 heterocycles. The van der Waals surface area contributed by atoms with Gasteiger partial charge in [-0.2, -0.15) is 13.8 Å². The van der Waals surface area contributed by atoms with E-state index in [1.807, 2.05) is 31.2 Å². The maximum absolute atomic E-state index is 12.8. The molecule has 1 saturated heterocycles. The van der Waals surface area contributed by atoms with Crippen molar-refractivity contribution in [3.05, 3.63) is 65.5 Å². The predicted molar refractivity (Wildman–Crippen MR) is 109 cm³/mol. The van der Waals surface area contributed by atoms with E-state index in [9.17, 15) is 13.6 Å². The molecule has 4 rings (SSSR count). The smallest absolute Gasteiger partial charge is 0.387 e. The maximum Gasteiger partial charge on any atom is 0.387 e. The van der Waals surface area contributed by atoms with Gasteiger partial charge in [0.15, 0.2) is 0 Å². The fourth-order valence-electron chi connectivity index (χ4n) is 3.45. The Hall–Kier alpha value is -3.33. The van der Waals surface area contributed by atoms with Crippen molar-refractivity contribution in [1.82, 2.24) is 19.9 Å². The van der Waals surface area contributed by atoms with Crippen molar-refractivity contribution >= 4 is 5.91 Å². The molecule has 7 nitrogen and oxygen atoms in total. The van der Waals surface area contributed by atoms with Gasteiger partial charge in [-0.1, -0.05) is 47.1 Å². The minimum absolute atomic E-state index is 0.112. The van der Waals surface area contributed by atoms with E-state index in [-0.39, 0.29) is 17.2 Å². The summed E-state index contributed by atoms with van der Waals surface area (Å²) in [5, 5.41) is 4.05. The van der Waals surface area contributed by atoms with Gasteiger partial charge in [0, 0.05) is 31.7 Å². The Kier molecular flexibility index (Phi) is 6.22. The second-order valence-corrected chi connectivity index (χ2v) is 7.32. The van der Waals surface area contributed by atoms with Gasteiger partial charge in [0.2, 0.25) is 11.7 Å². The molecular formula is C22H22F2N4O3. The molecule has 1 aliphatic rings. The average molecular weight is 428 g/mol. The molecule has 0 radical (unpaired) electrons. The van der Waals surface area contributed by atoms with Crippen LogP contribution in [0.25, 0.3) is 11.4 Å². The lowest BCUT2D eigenvalue weighted by Gasteiger charge is -2.34. The molecule has 1 aromatic heterocycles. The highest BCUT2D eigenvalue weighted by Crippen LogP contribution is 2.23. The number of aromatic nitrogens is 2. The molecule has 0 aliphatic carbocycles. The SMILES string of the molecule is Cc1ccc(-c2noc(CN3CCN(C(=O)c4ccccc4OC(F)F)CC3)n2)cc1. The van der Waals surface area contributed by atoms with E-state index >= 15 is 0 Å². The van der Waals surface area contributed by atoms with E-state index in [0.29, 0.717) is 44.4 Å². The standard InChI is InChI=1S/C22H22F2N4O3/c1-15-6-8-16(9-7-15)20-25-19(31-26-20)14-27-10-12-28(13-11-27)21(29)17-4-2-3-5-18(17)30-22(23)24/h2-9,22H,10-14H2,1H3. The van der Waals surface area contributed by atoms with Gasteiger partial charge in [-0.3, -0.25) is 9.69 Å². The van der Waals surface area contributed by atoms with Gasteiger partial charge in [-0.25, -0.2) is 0 Å². The molecule has 0 saturated carbocycles. The van der Waals surface area contributed by atoms with E-state index in [1.165, 1.54) is 12.1 Å². The first kappa shape index (κ1) is 20.9. The number of benzene rings is 2. The van der Waals surface area contributed by atoms with Gasteiger partial charge >= 0.3 is 6.61 Å². The van der Waals surface area contributed by atoms with Crippen LogP contribution >= 0.6 is 0 Å². The van der Waals surface area contributed by atoms with Crippen molar-refractivity contribution in [3.63, 3.8) is 0 Å². The molecule has 9 heteroatoms. The number of halogens is 2. The summed E-state index contributed by atoms with van der Waals surface area (Å²) in [6.45, 7) is 1.64. The van der Waals surface area contributed by atoms with Gasteiger partial charge in [0.05, 0.1) is 12.1 Å². The third kappa shape index (κ3) is 5.05. The number of hydrogen-bond acceptors (Lipinski definition) is 6. The van der Waals surface area contributed by atoms with Gasteiger partial charge in [-0.15, -0.1) is 0 Å². The van der Waals surface area contributed by atoms with Crippen LogP contribution in [0, 0.1) is 6.92 Å². The zero-order valence-corrected chi connectivity index (χ0v) is 17.0. The molecule has 3 aromatic rings. The number of carbonyl (C=O) groups excluding carboxylic acids is 1. The van der Waals surface area contributed by atoms with Crippen molar-refractivity contribution in [2.75, 3.05) is 26.2 Å². The molecule has 1 aliphatic heterocycles. The molecule has 1 amide bonds. The number of hydrogen-bond donors (Lipinski definition) is 0. The van der Waals surface area contributed by atoms with Crippen molar-refractivity contribution in [3.8, 4) is 17.1 Å². The van der Waals surface area contributed by atoms with Gasteiger partial charge in [0.1, 0.15) is 5.75 Å². The van der Waals surface area contributed by atoms with E-state index < -0.39 is 6.61 Å². The van der Waals surface area contributed by atoms with Crippen LogP contribution in [-0.2, 0) is 6.54 Å². The Morgan fingerprint density at radius 2 is 1.81 bits per heavy atom. The predicted octanol–water partition coefficient (Wildman–Crippen LogP) is 3.60. The Balaban J connectivity index is 1.34. The molecular weight excluding hydrogens is 406 g/mol. The third-order valence-corrected chi connectivity index (χ3v) is 5.13. The quantitative estimate of drug-likeness (QED) is 0.597. The monoisotopic (exact) mass is 428 g/mol. The Morgan fingerprint density at radius 1 is 1.10 bits per heavy atom. The number of ether oxygens (including phenoxy) is 1. The Labute approximate surface area is 178 Å². The molecule has 31 heavy (non-hydrogen) atoms. The van der Waals surface area contributed by atoms with Gasteiger partial charge in [0.25, 0.3) is 5.91 Å². The highest BCUT2D eigenvalue weighted by atomic mass is 19.3.